The standard InChI is InChI=1S/C6H12O4/c1-6(2,9-4)10-5(7)8-3/h1-4H3. The van der Waals surface area contributed by atoms with Gasteiger partial charge in [0.05, 0.1) is 7.11 Å². The van der Waals surface area contributed by atoms with E-state index in [2.05, 4.69) is 9.47 Å². The zero-order valence-electron chi connectivity index (χ0n) is 6.63. The molecule has 0 atom stereocenters. The summed E-state index contributed by atoms with van der Waals surface area (Å²) in [4.78, 5) is 10.5. The number of ether oxygens (including phenoxy) is 3. The van der Waals surface area contributed by atoms with E-state index in [-0.39, 0.29) is 0 Å². The highest BCUT2D eigenvalue weighted by Gasteiger charge is 2.21. The van der Waals surface area contributed by atoms with E-state index in [0.29, 0.717) is 0 Å². The molecule has 10 heavy (non-hydrogen) atoms. The van der Waals surface area contributed by atoms with Crippen molar-refractivity contribution in [1.29, 1.82) is 0 Å². The number of methoxy groups -OCH3 is 2. The third-order valence-electron chi connectivity index (χ3n) is 0.987. The predicted octanol–water partition coefficient (Wildman–Crippen LogP) is 1.15. The zero-order valence-corrected chi connectivity index (χ0v) is 6.63. The molecule has 0 bridgehead atoms. The van der Waals surface area contributed by atoms with Crippen LogP contribution in [0.15, 0.2) is 0 Å². The van der Waals surface area contributed by atoms with Crippen molar-refractivity contribution in [3.05, 3.63) is 0 Å². The smallest absolute Gasteiger partial charge is 0.438 e. The summed E-state index contributed by atoms with van der Waals surface area (Å²) < 4.78 is 13.7. The Kier molecular flexibility index (Phi) is 3.15. The summed E-state index contributed by atoms with van der Waals surface area (Å²) in [6.45, 7) is 3.23. The lowest BCUT2D eigenvalue weighted by Crippen LogP contribution is -2.29. The van der Waals surface area contributed by atoms with Crippen LogP contribution in [0, 0.1) is 0 Å². The van der Waals surface area contributed by atoms with Gasteiger partial charge in [0.25, 0.3) is 0 Å². The maximum Gasteiger partial charge on any atom is 0.510 e. The van der Waals surface area contributed by atoms with Crippen LogP contribution in [0.3, 0.4) is 0 Å². The Labute approximate surface area is 60.1 Å². The van der Waals surface area contributed by atoms with E-state index < -0.39 is 11.9 Å². The lowest BCUT2D eigenvalue weighted by Gasteiger charge is -2.21. The highest BCUT2D eigenvalue weighted by atomic mass is 16.8. The minimum absolute atomic E-state index is 0.744. The lowest BCUT2D eigenvalue weighted by atomic mass is 10.4. The summed E-state index contributed by atoms with van der Waals surface area (Å²) in [7, 11) is 2.69. The molecule has 0 fully saturated rings. The maximum atomic E-state index is 10.5. The number of rotatable bonds is 2. The van der Waals surface area contributed by atoms with E-state index in [1.807, 2.05) is 0 Å². The molecule has 0 saturated carbocycles. The van der Waals surface area contributed by atoms with Crippen LogP contribution in [0.5, 0.6) is 0 Å². The van der Waals surface area contributed by atoms with Gasteiger partial charge in [0.15, 0.2) is 0 Å². The number of carbonyl (C=O) groups is 1. The van der Waals surface area contributed by atoms with Crippen LogP contribution in [0.1, 0.15) is 13.8 Å². The van der Waals surface area contributed by atoms with Gasteiger partial charge in [-0.2, -0.15) is 0 Å². The summed E-state index contributed by atoms with van der Waals surface area (Å²) in [6.07, 6.45) is -0.744. The monoisotopic (exact) mass is 148 g/mol. The first-order valence-electron chi connectivity index (χ1n) is 2.84. The average Bonchev–Trinajstić information content (AvgIpc) is 1.87. The molecule has 0 aromatic carbocycles. The van der Waals surface area contributed by atoms with Gasteiger partial charge in [0.1, 0.15) is 0 Å². The molecule has 60 valence electrons. The van der Waals surface area contributed by atoms with Crippen LogP contribution >= 0.6 is 0 Å². The van der Waals surface area contributed by atoms with Crippen LogP contribution in [-0.4, -0.2) is 26.2 Å². The third kappa shape index (κ3) is 3.29. The Morgan fingerprint density at radius 3 is 2.10 bits per heavy atom. The second-order valence-corrected chi connectivity index (χ2v) is 2.16. The van der Waals surface area contributed by atoms with Gasteiger partial charge in [0.2, 0.25) is 5.79 Å². The summed E-state index contributed by atoms with van der Waals surface area (Å²) in [5.74, 6) is -0.910. The van der Waals surface area contributed by atoms with E-state index in [9.17, 15) is 4.79 Å². The van der Waals surface area contributed by atoms with Crippen molar-refractivity contribution in [3.63, 3.8) is 0 Å². The van der Waals surface area contributed by atoms with Gasteiger partial charge in [0, 0.05) is 21.0 Å². The fraction of sp³-hybridized carbons (Fsp3) is 0.833. The van der Waals surface area contributed by atoms with Gasteiger partial charge in [-0.05, 0) is 0 Å². The zero-order chi connectivity index (χ0) is 8.20. The first-order valence-corrected chi connectivity index (χ1v) is 2.84. The molecule has 0 N–H and O–H groups in total. The SMILES string of the molecule is COC(=O)OC(C)(C)OC. The highest BCUT2D eigenvalue weighted by molar-refractivity contribution is 5.59. The minimum Gasteiger partial charge on any atom is -0.438 e. The molecule has 0 amide bonds. The normalized spacial score (nSPS) is 10.8. The van der Waals surface area contributed by atoms with Crippen LogP contribution in [0.4, 0.5) is 4.79 Å². The molecule has 0 heterocycles. The molecule has 0 spiro atoms. The van der Waals surface area contributed by atoms with E-state index in [0.717, 1.165) is 0 Å². The molecule has 0 aliphatic heterocycles. The van der Waals surface area contributed by atoms with Crippen LogP contribution < -0.4 is 0 Å². The Morgan fingerprint density at radius 2 is 1.80 bits per heavy atom. The number of hydrogen-bond donors (Lipinski definition) is 0. The fourth-order valence-corrected chi connectivity index (χ4v) is 0.284. The molecule has 0 unspecified atom stereocenters. The van der Waals surface area contributed by atoms with Crippen LogP contribution in [0.25, 0.3) is 0 Å². The van der Waals surface area contributed by atoms with Gasteiger partial charge in [-0.25, -0.2) is 4.79 Å². The van der Waals surface area contributed by atoms with Crippen LogP contribution in [-0.2, 0) is 14.2 Å². The van der Waals surface area contributed by atoms with E-state index >= 15 is 0 Å². The molecule has 0 rings (SSSR count). The maximum absolute atomic E-state index is 10.5. The van der Waals surface area contributed by atoms with Gasteiger partial charge in [-0.3, -0.25) is 0 Å². The second kappa shape index (κ2) is 3.41. The summed E-state index contributed by atoms with van der Waals surface area (Å²) in [5.41, 5.74) is 0. The van der Waals surface area contributed by atoms with E-state index in [1.54, 1.807) is 13.8 Å². The first kappa shape index (κ1) is 9.23. The minimum atomic E-state index is -0.910. The van der Waals surface area contributed by atoms with Crippen LogP contribution in [0.2, 0.25) is 0 Å². The van der Waals surface area contributed by atoms with Gasteiger partial charge in [-0.15, -0.1) is 0 Å². The molecule has 4 heteroatoms. The Hall–Kier alpha value is -0.770. The van der Waals surface area contributed by atoms with E-state index in [4.69, 9.17) is 4.74 Å². The topological polar surface area (TPSA) is 44.8 Å². The van der Waals surface area contributed by atoms with Crippen molar-refractivity contribution < 1.29 is 19.0 Å². The molecule has 0 saturated heterocycles. The quantitative estimate of drug-likeness (QED) is 0.435. The van der Waals surface area contributed by atoms with E-state index in [1.165, 1.54) is 14.2 Å². The van der Waals surface area contributed by atoms with Crippen molar-refractivity contribution in [2.45, 2.75) is 19.6 Å². The Balaban J connectivity index is 3.76. The Bertz CT molecular complexity index is 119. The van der Waals surface area contributed by atoms with Gasteiger partial charge < -0.3 is 14.2 Å². The molecule has 0 aromatic heterocycles. The summed E-state index contributed by atoms with van der Waals surface area (Å²) >= 11 is 0. The largest absolute Gasteiger partial charge is 0.510 e. The summed E-state index contributed by atoms with van der Waals surface area (Å²) in [5, 5.41) is 0. The van der Waals surface area contributed by atoms with Crippen molar-refractivity contribution in [3.8, 4) is 0 Å². The molecular weight excluding hydrogens is 136 g/mol. The van der Waals surface area contributed by atoms with Crippen molar-refractivity contribution in [2.75, 3.05) is 14.2 Å². The lowest BCUT2D eigenvalue weighted by molar-refractivity contribution is -0.169. The van der Waals surface area contributed by atoms with Crippen molar-refractivity contribution in [1.82, 2.24) is 0 Å². The molecule has 4 nitrogen and oxygen atoms in total. The average molecular weight is 148 g/mol. The molecule has 0 aromatic rings. The second-order valence-electron chi connectivity index (χ2n) is 2.16. The predicted molar refractivity (Wildman–Crippen MR) is 34.6 cm³/mol. The van der Waals surface area contributed by atoms with Crippen molar-refractivity contribution >= 4 is 6.16 Å². The number of carbonyl (C=O) groups excluding carboxylic acids is 1. The molecular formula is C6H12O4. The fourth-order valence-electron chi connectivity index (χ4n) is 0.284. The van der Waals surface area contributed by atoms with Crippen molar-refractivity contribution in [2.24, 2.45) is 0 Å². The summed E-state index contributed by atoms with van der Waals surface area (Å²) in [6, 6.07) is 0. The van der Waals surface area contributed by atoms with Gasteiger partial charge in [-0.1, -0.05) is 0 Å². The third-order valence-corrected chi connectivity index (χ3v) is 0.987. The van der Waals surface area contributed by atoms with Gasteiger partial charge >= 0.3 is 6.16 Å². The first-order chi connectivity index (χ1) is 4.52. The number of hydrogen-bond acceptors (Lipinski definition) is 4. The molecule has 0 aliphatic carbocycles. The highest BCUT2D eigenvalue weighted by Crippen LogP contribution is 2.09. The Morgan fingerprint density at radius 1 is 1.30 bits per heavy atom. The molecule has 0 radical (unpaired) electrons. The molecule has 0 aliphatic rings.